The van der Waals surface area contributed by atoms with E-state index in [9.17, 15) is 24.0 Å². The normalized spacial score (nSPS) is 17.6. The van der Waals surface area contributed by atoms with Crippen LogP contribution in [0.1, 0.15) is 53.4 Å². The summed E-state index contributed by atoms with van der Waals surface area (Å²) >= 11 is 3.22. The number of esters is 2. The summed E-state index contributed by atoms with van der Waals surface area (Å²) in [6.07, 6.45) is -0.815. The predicted octanol–water partition coefficient (Wildman–Crippen LogP) is 1.73. The molecule has 11 heteroatoms. The molecule has 2 amide bonds. The summed E-state index contributed by atoms with van der Waals surface area (Å²) in [5.41, 5.74) is -0.659. The maximum atomic E-state index is 12.6. The number of carbonyl (C=O) groups excluding carboxylic acids is 5. The van der Waals surface area contributed by atoms with E-state index < -0.39 is 52.2 Å². The molecule has 1 fully saturated rings. The van der Waals surface area contributed by atoms with E-state index in [1.807, 2.05) is 21.1 Å². The summed E-state index contributed by atoms with van der Waals surface area (Å²) < 4.78 is 11.3. The van der Waals surface area contributed by atoms with Gasteiger partial charge in [0.1, 0.15) is 17.0 Å². The third kappa shape index (κ3) is 10.1. The number of ether oxygens (including phenoxy) is 2. The quantitative estimate of drug-likeness (QED) is 0.184. The molecule has 1 aliphatic heterocycles. The number of imide groups is 1. The first kappa shape index (κ1) is 28.0. The molecule has 0 aliphatic carbocycles. The summed E-state index contributed by atoms with van der Waals surface area (Å²) in [5.74, 6) is -3.86. The smallest absolute Gasteiger partial charge is 0.336 e. The molecule has 0 N–H and O–H groups in total. The van der Waals surface area contributed by atoms with Crippen molar-refractivity contribution < 1.29 is 42.8 Å². The second kappa shape index (κ2) is 11.2. The highest BCUT2D eigenvalue weighted by atomic mass is 79.9. The van der Waals surface area contributed by atoms with E-state index >= 15 is 0 Å². The number of halogens is 1. The van der Waals surface area contributed by atoms with Gasteiger partial charge in [-0.15, -0.1) is 5.06 Å². The fourth-order valence-electron chi connectivity index (χ4n) is 2.90. The lowest BCUT2D eigenvalue weighted by Gasteiger charge is -2.30. The Balaban J connectivity index is 2.69. The number of likely N-dealkylation sites (N-methyl/N-ethyl adjacent to an activating group) is 1. The number of hydrogen-bond acceptors (Lipinski definition) is 8. The van der Waals surface area contributed by atoms with E-state index in [1.54, 1.807) is 20.8 Å². The monoisotopic (exact) mass is 521 g/mol. The van der Waals surface area contributed by atoms with Crippen molar-refractivity contribution in [2.45, 2.75) is 69.9 Å². The highest BCUT2D eigenvalue weighted by Crippen LogP contribution is 2.21. The van der Waals surface area contributed by atoms with Crippen molar-refractivity contribution in [3.05, 3.63) is 0 Å². The SMILES string of the molecule is CC(CC(Br)C(=O)OC(CC(=O)OC(C)(C)C)C[N+](C)(C)C)C(=O)ON1C(=O)CCC1=O. The van der Waals surface area contributed by atoms with Gasteiger partial charge in [-0.3, -0.25) is 19.2 Å². The van der Waals surface area contributed by atoms with Gasteiger partial charge in [-0.2, -0.15) is 0 Å². The van der Waals surface area contributed by atoms with Crippen molar-refractivity contribution in [1.82, 2.24) is 5.06 Å². The second-order valence-electron chi connectivity index (χ2n) is 9.92. The number of carbonyl (C=O) groups is 5. The van der Waals surface area contributed by atoms with Crippen LogP contribution in [0.4, 0.5) is 0 Å². The van der Waals surface area contributed by atoms with Crippen LogP contribution >= 0.6 is 15.9 Å². The highest BCUT2D eigenvalue weighted by molar-refractivity contribution is 9.10. The predicted molar refractivity (Wildman–Crippen MR) is 117 cm³/mol. The van der Waals surface area contributed by atoms with Gasteiger partial charge in [0.2, 0.25) is 0 Å². The van der Waals surface area contributed by atoms with Gasteiger partial charge < -0.3 is 18.8 Å². The van der Waals surface area contributed by atoms with Crippen molar-refractivity contribution >= 4 is 45.7 Å². The van der Waals surface area contributed by atoms with Gasteiger partial charge in [0.25, 0.3) is 11.8 Å². The maximum absolute atomic E-state index is 12.6. The molecular formula is C21H34BrN2O8+. The number of rotatable bonds is 10. The molecule has 0 radical (unpaired) electrons. The number of amides is 2. The van der Waals surface area contributed by atoms with Gasteiger partial charge in [-0.05, 0) is 27.2 Å². The fourth-order valence-corrected chi connectivity index (χ4v) is 3.57. The van der Waals surface area contributed by atoms with Crippen LogP contribution in [-0.2, 0) is 38.3 Å². The van der Waals surface area contributed by atoms with Crippen LogP contribution < -0.4 is 0 Å². The molecule has 0 aromatic heterocycles. The molecule has 1 heterocycles. The second-order valence-corrected chi connectivity index (χ2v) is 11.0. The van der Waals surface area contributed by atoms with Crippen LogP contribution in [0.25, 0.3) is 0 Å². The molecule has 3 unspecified atom stereocenters. The average Bonchev–Trinajstić information content (AvgIpc) is 2.90. The Morgan fingerprint density at radius 1 is 1.06 bits per heavy atom. The van der Waals surface area contributed by atoms with Gasteiger partial charge in [0, 0.05) is 12.8 Å². The topological polar surface area (TPSA) is 116 Å². The van der Waals surface area contributed by atoms with Crippen molar-refractivity contribution in [1.29, 1.82) is 0 Å². The van der Waals surface area contributed by atoms with Crippen molar-refractivity contribution in [2.24, 2.45) is 5.92 Å². The lowest BCUT2D eigenvalue weighted by atomic mass is 10.1. The third-order valence-corrected chi connectivity index (χ3v) is 5.00. The number of nitrogens with zero attached hydrogens (tertiary/aromatic N) is 2. The average molecular weight is 522 g/mol. The summed E-state index contributed by atoms with van der Waals surface area (Å²) in [6.45, 7) is 7.15. The molecule has 1 saturated heterocycles. The summed E-state index contributed by atoms with van der Waals surface area (Å²) in [7, 11) is 5.71. The molecule has 182 valence electrons. The molecular weight excluding hydrogens is 488 g/mol. The summed E-state index contributed by atoms with van der Waals surface area (Å²) in [4.78, 5) is 64.3. The van der Waals surface area contributed by atoms with E-state index in [0.29, 0.717) is 16.1 Å². The Hall–Kier alpha value is -2.01. The van der Waals surface area contributed by atoms with E-state index in [2.05, 4.69) is 15.9 Å². The third-order valence-electron chi connectivity index (χ3n) is 4.25. The molecule has 3 atom stereocenters. The van der Waals surface area contributed by atoms with Gasteiger partial charge in [0.05, 0.1) is 33.5 Å². The van der Waals surface area contributed by atoms with Gasteiger partial charge in [-0.25, -0.2) is 4.79 Å². The Kier molecular flexibility index (Phi) is 9.83. The minimum Gasteiger partial charge on any atom is -0.460 e. The van der Waals surface area contributed by atoms with Gasteiger partial charge >= 0.3 is 17.9 Å². The number of hydroxylamine groups is 2. The Morgan fingerprint density at radius 3 is 2.06 bits per heavy atom. The molecule has 32 heavy (non-hydrogen) atoms. The first-order valence-corrected chi connectivity index (χ1v) is 11.3. The Morgan fingerprint density at radius 2 is 1.59 bits per heavy atom. The van der Waals surface area contributed by atoms with E-state index in [0.717, 1.165) is 0 Å². The standard InChI is InChI=1S/C21H34BrN2O8/c1-13(19(28)32-23-16(25)8-9-17(23)26)10-15(22)20(29)30-14(12-24(5,6)7)11-18(27)31-21(2,3)4/h13-15H,8-12H2,1-7H3/q+1. The van der Waals surface area contributed by atoms with Crippen molar-refractivity contribution in [2.75, 3.05) is 27.7 Å². The molecule has 1 rings (SSSR count). The molecule has 0 saturated carbocycles. The minimum atomic E-state index is -0.858. The van der Waals surface area contributed by atoms with Crippen molar-refractivity contribution in [3.63, 3.8) is 0 Å². The van der Waals surface area contributed by atoms with E-state index in [-0.39, 0.29) is 25.7 Å². The van der Waals surface area contributed by atoms with Crippen LogP contribution in [0.3, 0.4) is 0 Å². The number of alkyl halides is 1. The largest absolute Gasteiger partial charge is 0.460 e. The van der Waals surface area contributed by atoms with Crippen LogP contribution in [0.5, 0.6) is 0 Å². The Labute approximate surface area is 197 Å². The zero-order chi connectivity index (χ0) is 24.9. The lowest BCUT2D eigenvalue weighted by Crippen LogP contribution is -2.45. The molecule has 0 spiro atoms. The first-order chi connectivity index (χ1) is 14.5. The fraction of sp³-hybridized carbons (Fsp3) is 0.762. The number of hydrogen-bond donors (Lipinski definition) is 0. The Bertz CT molecular complexity index is 725. The molecule has 0 aromatic carbocycles. The summed E-state index contributed by atoms with van der Waals surface area (Å²) in [6, 6.07) is 0. The van der Waals surface area contributed by atoms with Crippen LogP contribution in [0.15, 0.2) is 0 Å². The maximum Gasteiger partial charge on any atom is 0.336 e. The lowest BCUT2D eigenvalue weighted by molar-refractivity contribution is -0.873. The molecule has 0 bridgehead atoms. The van der Waals surface area contributed by atoms with E-state index in [4.69, 9.17) is 14.3 Å². The minimum absolute atomic E-state index is 0.000782. The van der Waals surface area contributed by atoms with Crippen LogP contribution in [0, 0.1) is 5.92 Å². The van der Waals surface area contributed by atoms with Crippen LogP contribution in [-0.4, -0.2) is 83.5 Å². The number of quaternary nitrogens is 1. The van der Waals surface area contributed by atoms with Gasteiger partial charge in [0.15, 0.2) is 6.10 Å². The molecule has 10 nitrogen and oxygen atoms in total. The zero-order valence-electron chi connectivity index (χ0n) is 19.8. The molecule has 1 aliphatic rings. The van der Waals surface area contributed by atoms with Gasteiger partial charge in [-0.1, -0.05) is 22.9 Å². The first-order valence-electron chi connectivity index (χ1n) is 10.4. The summed E-state index contributed by atoms with van der Waals surface area (Å²) in [5, 5.41) is 0.471. The van der Waals surface area contributed by atoms with Crippen molar-refractivity contribution in [3.8, 4) is 0 Å². The van der Waals surface area contributed by atoms with Crippen LogP contribution in [0.2, 0.25) is 0 Å². The van der Waals surface area contributed by atoms with E-state index in [1.165, 1.54) is 6.92 Å². The molecule has 0 aromatic rings. The highest BCUT2D eigenvalue weighted by Gasteiger charge is 2.35. The zero-order valence-corrected chi connectivity index (χ0v) is 21.4.